The van der Waals surface area contributed by atoms with E-state index < -0.39 is 16.8 Å². The zero-order valence-corrected chi connectivity index (χ0v) is 16.8. The number of aromatic carboxylic acids is 1. The highest BCUT2D eigenvalue weighted by Gasteiger charge is 2.16. The maximum absolute atomic E-state index is 12.3. The lowest BCUT2D eigenvalue weighted by molar-refractivity contribution is -0.385. The Morgan fingerprint density at radius 3 is 2.52 bits per heavy atom. The van der Waals surface area contributed by atoms with Crippen LogP contribution in [0, 0.1) is 17.0 Å². The van der Waals surface area contributed by atoms with Crippen LogP contribution in [0.2, 0.25) is 0 Å². The second-order valence-corrected chi connectivity index (χ2v) is 6.63. The summed E-state index contributed by atoms with van der Waals surface area (Å²) < 4.78 is 0. The molecule has 11 nitrogen and oxygen atoms in total. The molecule has 0 saturated heterocycles. The minimum Gasteiger partial charge on any atom is -0.478 e. The SMILES string of the molecule is Cc1ccc(C(=O)O)c(C(=O)NCCCNOCc2cc([N+](=O)[O-])ccc2COO)c1. The van der Waals surface area contributed by atoms with Gasteiger partial charge in [0.15, 0.2) is 0 Å². The number of rotatable bonds is 12. The lowest BCUT2D eigenvalue weighted by Crippen LogP contribution is -2.28. The largest absolute Gasteiger partial charge is 0.478 e. The Balaban J connectivity index is 1.78. The van der Waals surface area contributed by atoms with Gasteiger partial charge in [-0.2, -0.15) is 0 Å². The van der Waals surface area contributed by atoms with Crippen molar-refractivity contribution in [1.82, 2.24) is 10.8 Å². The van der Waals surface area contributed by atoms with Crippen molar-refractivity contribution in [3.8, 4) is 0 Å². The first-order valence-corrected chi connectivity index (χ1v) is 9.32. The van der Waals surface area contributed by atoms with Crippen molar-refractivity contribution in [3.05, 3.63) is 74.3 Å². The number of nitro groups is 1. The second-order valence-electron chi connectivity index (χ2n) is 6.63. The van der Waals surface area contributed by atoms with E-state index in [1.165, 1.54) is 30.3 Å². The summed E-state index contributed by atoms with van der Waals surface area (Å²) in [5.41, 5.74) is 4.40. The monoisotopic (exact) mass is 433 g/mol. The molecule has 0 radical (unpaired) electrons. The molecule has 0 aliphatic heterocycles. The molecule has 0 heterocycles. The third-order valence-electron chi connectivity index (χ3n) is 4.34. The molecule has 0 unspecified atom stereocenters. The van der Waals surface area contributed by atoms with Gasteiger partial charge in [0.2, 0.25) is 0 Å². The van der Waals surface area contributed by atoms with E-state index in [4.69, 9.17) is 10.1 Å². The standard InChI is InChI=1S/C20H23N3O8/c1-13-3-6-17(20(25)26)18(9-13)19(24)21-7-2-8-22-30-11-15-10-16(23(27)28)5-4-14(15)12-31-29/h3-6,9-10,22,29H,2,7-8,11-12H2,1H3,(H,21,24)(H,25,26). The molecular weight excluding hydrogens is 410 g/mol. The lowest BCUT2D eigenvalue weighted by atomic mass is 10.0. The number of amides is 1. The van der Waals surface area contributed by atoms with E-state index >= 15 is 0 Å². The first-order chi connectivity index (χ1) is 14.8. The van der Waals surface area contributed by atoms with E-state index in [0.29, 0.717) is 24.1 Å². The maximum atomic E-state index is 12.3. The number of nitrogens with zero attached hydrogens (tertiary/aromatic N) is 1. The van der Waals surface area contributed by atoms with E-state index in [-0.39, 0.29) is 36.6 Å². The summed E-state index contributed by atoms with van der Waals surface area (Å²) >= 11 is 0. The molecule has 0 bridgehead atoms. The Morgan fingerprint density at radius 2 is 1.84 bits per heavy atom. The fourth-order valence-corrected chi connectivity index (χ4v) is 2.76. The Bertz CT molecular complexity index is 948. The minimum atomic E-state index is -1.17. The summed E-state index contributed by atoms with van der Waals surface area (Å²) in [6.45, 7) is 2.27. The lowest BCUT2D eigenvalue weighted by Gasteiger charge is -2.11. The summed E-state index contributed by atoms with van der Waals surface area (Å²) in [5.74, 6) is -1.65. The van der Waals surface area contributed by atoms with Crippen LogP contribution in [0.5, 0.6) is 0 Å². The van der Waals surface area contributed by atoms with Crippen LogP contribution in [0.1, 0.15) is 43.8 Å². The number of nitro benzene ring substituents is 1. The summed E-state index contributed by atoms with van der Waals surface area (Å²) in [4.78, 5) is 43.3. The molecule has 2 aromatic rings. The van der Waals surface area contributed by atoms with Gasteiger partial charge in [-0.3, -0.25) is 25.0 Å². The number of hydrogen-bond donors (Lipinski definition) is 4. The van der Waals surface area contributed by atoms with Crippen LogP contribution < -0.4 is 10.8 Å². The van der Waals surface area contributed by atoms with Gasteiger partial charge in [-0.25, -0.2) is 15.2 Å². The van der Waals surface area contributed by atoms with Crippen molar-refractivity contribution < 1.29 is 34.6 Å². The van der Waals surface area contributed by atoms with Gasteiger partial charge < -0.3 is 10.4 Å². The average Bonchev–Trinajstić information content (AvgIpc) is 2.73. The van der Waals surface area contributed by atoms with Crippen molar-refractivity contribution in [3.63, 3.8) is 0 Å². The molecule has 0 aliphatic rings. The van der Waals surface area contributed by atoms with Gasteiger partial charge in [0, 0.05) is 25.2 Å². The zero-order chi connectivity index (χ0) is 22.8. The fourth-order valence-electron chi connectivity index (χ4n) is 2.76. The van der Waals surface area contributed by atoms with Crippen LogP contribution >= 0.6 is 0 Å². The van der Waals surface area contributed by atoms with E-state index in [1.54, 1.807) is 13.0 Å². The Morgan fingerprint density at radius 1 is 1.06 bits per heavy atom. The van der Waals surface area contributed by atoms with Crippen LogP contribution in [0.4, 0.5) is 5.69 Å². The van der Waals surface area contributed by atoms with Gasteiger partial charge in [-0.15, -0.1) is 0 Å². The van der Waals surface area contributed by atoms with E-state index in [1.807, 2.05) is 0 Å². The molecule has 0 saturated carbocycles. The number of carbonyl (C=O) groups is 2. The Hall–Kier alpha value is -3.38. The van der Waals surface area contributed by atoms with Gasteiger partial charge in [0.05, 0.1) is 22.7 Å². The van der Waals surface area contributed by atoms with E-state index in [0.717, 1.165) is 5.56 Å². The van der Waals surface area contributed by atoms with Crippen molar-refractivity contribution in [2.75, 3.05) is 13.1 Å². The van der Waals surface area contributed by atoms with E-state index in [2.05, 4.69) is 15.7 Å². The third-order valence-corrected chi connectivity index (χ3v) is 4.34. The highest BCUT2D eigenvalue weighted by molar-refractivity contribution is 6.04. The molecule has 2 rings (SSSR count). The number of carbonyl (C=O) groups excluding carboxylic acids is 1. The van der Waals surface area contributed by atoms with Gasteiger partial charge in [0.1, 0.15) is 6.61 Å². The molecule has 31 heavy (non-hydrogen) atoms. The molecule has 0 spiro atoms. The number of carboxylic acids is 1. The van der Waals surface area contributed by atoms with Crippen molar-refractivity contribution in [2.24, 2.45) is 0 Å². The van der Waals surface area contributed by atoms with Gasteiger partial charge in [-0.1, -0.05) is 11.6 Å². The van der Waals surface area contributed by atoms with Crippen LogP contribution in [0.15, 0.2) is 36.4 Å². The van der Waals surface area contributed by atoms with Crippen molar-refractivity contribution in [2.45, 2.75) is 26.6 Å². The average molecular weight is 433 g/mol. The number of hydroxylamine groups is 1. The highest BCUT2D eigenvalue weighted by Crippen LogP contribution is 2.19. The molecule has 0 aliphatic carbocycles. The minimum absolute atomic E-state index is 0.00199. The van der Waals surface area contributed by atoms with Gasteiger partial charge in [0.25, 0.3) is 11.6 Å². The van der Waals surface area contributed by atoms with Crippen molar-refractivity contribution in [1.29, 1.82) is 0 Å². The molecule has 2 aromatic carbocycles. The summed E-state index contributed by atoms with van der Waals surface area (Å²) in [5, 5.41) is 31.4. The summed E-state index contributed by atoms with van der Waals surface area (Å²) in [6.07, 6.45) is 0.488. The third kappa shape index (κ3) is 7.12. The van der Waals surface area contributed by atoms with Gasteiger partial charge >= 0.3 is 5.97 Å². The molecule has 4 N–H and O–H groups in total. The Kier molecular flexibility index (Phi) is 9.03. The summed E-state index contributed by atoms with van der Waals surface area (Å²) in [7, 11) is 0. The van der Waals surface area contributed by atoms with E-state index in [9.17, 15) is 24.8 Å². The summed E-state index contributed by atoms with van der Waals surface area (Å²) in [6, 6.07) is 8.65. The van der Waals surface area contributed by atoms with Crippen molar-refractivity contribution >= 4 is 17.6 Å². The predicted octanol–water partition coefficient (Wildman–Crippen LogP) is 2.43. The highest BCUT2D eigenvalue weighted by atomic mass is 17.1. The van der Waals surface area contributed by atoms with Crippen LogP contribution in [-0.2, 0) is 22.9 Å². The Labute approximate surface area is 177 Å². The number of nitrogens with one attached hydrogen (secondary N) is 2. The second kappa shape index (κ2) is 11.7. The quantitative estimate of drug-likeness (QED) is 0.170. The number of aryl methyl sites for hydroxylation is 1. The zero-order valence-electron chi connectivity index (χ0n) is 16.8. The smallest absolute Gasteiger partial charge is 0.336 e. The number of benzene rings is 2. The van der Waals surface area contributed by atoms with Crippen LogP contribution in [-0.4, -0.2) is 40.3 Å². The van der Waals surface area contributed by atoms with Gasteiger partial charge in [-0.05, 0) is 42.7 Å². The molecule has 1 amide bonds. The first-order valence-electron chi connectivity index (χ1n) is 9.32. The molecule has 0 aromatic heterocycles. The molecule has 0 atom stereocenters. The number of non-ortho nitro benzene ring substituents is 1. The topological polar surface area (TPSA) is 160 Å². The van der Waals surface area contributed by atoms with Crippen LogP contribution in [0.3, 0.4) is 0 Å². The van der Waals surface area contributed by atoms with Crippen LogP contribution in [0.25, 0.3) is 0 Å². The molecule has 0 fully saturated rings. The predicted molar refractivity (Wildman–Crippen MR) is 108 cm³/mol. The fraction of sp³-hybridized carbons (Fsp3) is 0.300. The number of carboxylic acid groups (broad SMARTS) is 1. The first kappa shape index (κ1) is 23.9. The molecule has 166 valence electrons. The normalized spacial score (nSPS) is 10.6. The molecular formula is C20H23N3O8. The molecule has 11 heteroatoms. The maximum Gasteiger partial charge on any atom is 0.336 e. The number of hydrogen-bond acceptors (Lipinski definition) is 8.